The molecule has 0 saturated carbocycles. The number of methoxy groups -OCH3 is 2. The Labute approximate surface area is 144 Å². The molecule has 2 aromatic heterocycles. The fourth-order valence-corrected chi connectivity index (χ4v) is 2.62. The van der Waals surface area contributed by atoms with E-state index in [9.17, 15) is 0 Å². The summed E-state index contributed by atoms with van der Waals surface area (Å²) in [7, 11) is 3.19. The number of rotatable bonds is 4. The third-order valence-corrected chi connectivity index (χ3v) is 3.87. The van der Waals surface area contributed by atoms with Crippen molar-refractivity contribution in [1.82, 2.24) is 15.1 Å². The molecule has 0 aliphatic heterocycles. The first kappa shape index (κ1) is 15.1. The number of pyridine rings is 1. The lowest BCUT2D eigenvalue weighted by atomic mass is 10.1. The maximum Gasteiger partial charge on any atom is 0.258 e. The number of hydrogen-bond acceptors (Lipinski definition) is 6. The first-order valence-corrected chi connectivity index (χ1v) is 7.71. The Kier molecular flexibility index (Phi) is 3.78. The molecule has 0 N–H and O–H groups in total. The maximum absolute atomic E-state index is 5.42. The van der Waals surface area contributed by atoms with E-state index >= 15 is 0 Å². The van der Waals surface area contributed by atoms with Gasteiger partial charge in [0.15, 0.2) is 0 Å². The van der Waals surface area contributed by atoms with E-state index in [1.165, 1.54) is 0 Å². The number of ether oxygens (including phenoxy) is 2. The molecule has 0 radical (unpaired) electrons. The van der Waals surface area contributed by atoms with Crippen molar-refractivity contribution in [2.24, 2.45) is 0 Å². The van der Waals surface area contributed by atoms with Crippen molar-refractivity contribution in [3.8, 4) is 34.5 Å². The Morgan fingerprint density at radius 1 is 0.880 bits per heavy atom. The molecule has 2 heterocycles. The molecule has 0 bridgehead atoms. The van der Waals surface area contributed by atoms with Gasteiger partial charge in [0.25, 0.3) is 5.89 Å². The highest BCUT2D eigenvalue weighted by Gasteiger charge is 2.17. The summed E-state index contributed by atoms with van der Waals surface area (Å²) in [6.07, 6.45) is 0. The summed E-state index contributed by atoms with van der Waals surface area (Å²) in [5, 5.41) is 5.06. The van der Waals surface area contributed by atoms with Crippen LogP contribution < -0.4 is 9.47 Å². The van der Waals surface area contributed by atoms with Crippen molar-refractivity contribution >= 4 is 10.9 Å². The molecule has 4 rings (SSSR count). The molecule has 0 saturated heterocycles. The first-order valence-electron chi connectivity index (χ1n) is 7.71. The summed E-state index contributed by atoms with van der Waals surface area (Å²) in [6.45, 7) is 0. The second-order valence-corrected chi connectivity index (χ2v) is 5.39. The van der Waals surface area contributed by atoms with E-state index < -0.39 is 0 Å². The van der Waals surface area contributed by atoms with Gasteiger partial charge in [-0.3, -0.25) is 0 Å². The lowest BCUT2D eigenvalue weighted by Crippen LogP contribution is -1.94. The number of benzene rings is 2. The zero-order chi connectivity index (χ0) is 17.2. The molecule has 0 aliphatic carbocycles. The summed E-state index contributed by atoms with van der Waals surface area (Å²) >= 11 is 0. The van der Waals surface area contributed by atoms with Crippen LogP contribution >= 0.6 is 0 Å². The van der Waals surface area contributed by atoms with Crippen molar-refractivity contribution < 1.29 is 14.0 Å². The smallest absolute Gasteiger partial charge is 0.258 e. The molecule has 6 nitrogen and oxygen atoms in total. The van der Waals surface area contributed by atoms with E-state index in [4.69, 9.17) is 14.0 Å². The van der Waals surface area contributed by atoms with E-state index in [0.717, 1.165) is 22.2 Å². The van der Waals surface area contributed by atoms with Gasteiger partial charge < -0.3 is 14.0 Å². The third kappa shape index (κ3) is 2.78. The van der Waals surface area contributed by atoms with Crippen LogP contribution in [0.15, 0.2) is 59.1 Å². The highest BCUT2D eigenvalue weighted by molar-refractivity contribution is 5.85. The monoisotopic (exact) mass is 333 g/mol. The number of nitrogens with zero attached hydrogens (tertiary/aromatic N) is 3. The topological polar surface area (TPSA) is 70.3 Å². The number of hydrogen-bond donors (Lipinski definition) is 0. The van der Waals surface area contributed by atoms with E-state index in [1.54, 1.807) is 14.2 Å². The zero-order valence-corrected chi connectivity index (χ0v) is 13.8. The molecule has 6 heteroatoms. The Morgan fingerprint density at radius 2 is 1.76 bits per heavy atom. The van der Waals surface area contributed by atoms with Gasteiger partial charge in [-0.05, 0) is 30.3 Å². The van der Waals surface area contributed by atoms with Crippen molar-refractivity contribution in [3.63, 3.8) is 0 Å². The number of fused-ring (bicyclic) bond motifs is 1. The van der Waals surface area contributed by atoms with Gasteiger partial charge in [0.1, 0.15) is 5.75 Å². The predicted molar refractivity (Wildman–Crippen MR) is 93.6 cm³/mol. The highest BCUT2D eigenvalue weighted by atomic mass is 16.5. The summed E-state index contributed by atoms with van der Waals surface area (Å²) in [4.78, 5) is 9.00. The minimum Gasteiger partial charge on any atom is -0.497 e. The minimum atomic E-state index is 0.407. The van der Waals surface area contributed by atoms with Gasteiger partial charge in [-0.2, -0.15) is 4.98 Å². The van der Waals surface area contributed by atoms with Gasteiger partial charge in [-0.25, -0.2) is 4.98 Å². The van der Waals surface area contributed by atoms with Crippen molar-refractivity contribution in [3.05, 3.63) is 54.6 Å². The average molecular weight is 333 g/mol. The van der Waals surface area contributed by atoms with Crippen LogP contribution in [0.1, 0.15) is 0 Å². The number of para-hydroxylation sites is 1. The Hall–Kier alpha value is -3.41. The van der Waals surface area contributed by atoms with Crippen molar-refractivity contribution in [2.45, 2.75) is 0 Å². The Morgan fingerprint density at radius 3 is 2.60 bits per heavy atom. The molecule has 0 unspecified atom stereocenters. The van der Waals surface area contributed by atoms with Crippen molar-refractivity contribution in [2.75, 3.05) is 14.2 Å². The molecule has 0 fully saturated rings. The predicted octanol–water partition coefficient (Wildman–Crippen LogP) is 3.97. The summed E-state index contributed by atoms with van der Waals surface area (Å²) in [5.41, 5.74) is 2.31. The zero-order valence-electron chi connectivity index (χ0n) is 13.8. The molecule has 124 valence electrons. The lowest BCUT2D eigenvalue weighted by Gasteiger charge is -2.06. The molecule has 25 heavy (non-hydrogen) atoms. The van der Waals surface area contributed by atoms with Gasteiger partial charge in [-0.1, -0.05) is 29.4 Å². The van der Waals surface area contributed by atoms with Crippen LogP contribution in [0.5, 0.6) is 11.6 Å². The highest BCUT2D eigenvalue weighted by Crippen LogP contribution is 2.31. The fourth-order valence-electron chi connectivity index (χ4n) is 2.62. The standard InChI is InChI=1S/C19H15N3O3/c1-23-14-8-5-7-13(10-14)18-21-17(22-25-18)15-11-12-6-3-4-9-16(12)20-19(15)24-2/h3-11H,1-2H3. The third-order valence-electron chi connectivity index (χ3n) is 3.87. The van der Waals surface area contributed by atoms with E-state index in [2.05, 4.69) is 15.1 Å². The van der Waals surface area contributed by atoms with Gasteiger partial charge in [0.2, 0.25) is 11.7 Å². The van der Waals surface area contributed by atoms with Crippen molar-refractivity contribution in [1.29, 1.82) is 0 Å². The second-order valence-electron chi connectivity index (χ2n) is 5.39. The quantitative estimate of drug-likeness (QED) is 0.563. The van der Waals surface area contributed by atoms with Crippen LogP contribution in [0, 0.1) is 0 Å². The molecule has 0 spiro atoms. The van der Waals surface area contributed by atoms with Crippen LogP contribution in [-0.2, 0) is 0 Å². The fraction of sp³-hybridized carbons (Fsp3) is 0.105. The summed E-state index contributed by atoms with van der Waals surface area (Å²) in [6, 6.07) is 17.2. The molecule has 0 aliphatic rings. The minimum absolute atomic E-state index is 0.407. The van der Waals surface area contributed by atoms with Crippen LogP contribution in [-0.4, -0.2) is 29.3 Å². The largest absolute Gasteiger partial charge is 0.497 e. The van der Waals surface area contributed by atoms with Gasteiger partial charge in [0, 0.05) is 10.9 Å². The first-order chi connectivity index (χ1) is 12.3. The molecule has 0 amide bonds. The van der Waals surface area contributed by atoms with E-state index in [-0.39, 0.29) is 0 Å². The average Bonchev–Trinajstić information content (AvgIpc) is 3.17. The second kappa shape index (κ2) is 6.24. The molecular formula is C19H15N3O3. The normalized spacial score (nSPS) is 10.8. The Bertz CT molecular complexity index is 1040. The van der Waals surface area contributed by atoms with E-state index in [1.807, 2.05) is 54.6 Å². The van der Waals surface area contributed by atoms with E-state index in [0.29, 0.717) is 23.2 Å². The molecule has 2 aromatic carbocycles. The van der Waals surface area contributed by atoms with Gasteiger partial charge in [0.05, 0.1) is 25.3 Å². The maximum atomic E-state index is 5.42. The molecule has 0 atom stereocenters. The summed E-state index contributed by atoms with van der Waals surface area (Å²) in [5.74, 6) is 2.01. The lowest BCUT2D eigenvalue weighted by molar-refractivity contribution is 0.399. The molecular weight excluding hydrogens is 318 g/mol. The van der Waals surface area contributed by atoms with Crippen LogP contribution in [0.25, 0.3) is 33.7 Å². The molecule has 4 aromatic rings. The Balaban J connectivity index is 1.80. The van der Waals surface area contributed by atoms with Gasteiger partial charge in [-0.15, -0.1) is 0 Å². The summed E-state index contributed by atoms with van der Waals surface area (Å²) < 4.78 is 16.1. The van der Waals surface area contributed by atoms with Crippen LogP contribution in [0.4, 0.5) is 0 Å². The SMILES string of the molecule is COc1cccc(-c2nc(-c3cc4ccccc4nc3OC)no2)c1. The van der Waals surface area contributed by atoms with Gasteiger partial charge >= 0.3 is 0 Å². The van der Waals surface area contributed by atoms with Crippen LogP contribution in [0.2, 0.25) is 0 Å². The van der Waals surface area contributed by atoms with Crippen LogP contribution in [0.3, 0.4) is 0 Å². The number of aromatic nitrogens is 3.